The fourth-order valence-electron chi connectivity index (χ4n) is 1.60. The van der Waals surface area contributed by atoms with Crippen molar-refractivity contribution in [1.29, 1.82) is 0 Å². The Balaban J connectivity index is 2.00. The van der Waals surface area contributed by atoms with Crippen LogP contribution in [0.25, 0.3) is 0 Å². The van der Waals surface area contributed by atoms with Crippen LogP contribution in [-0.2, 0) is 9.53 Å². The Morgan fingerprint density at radius 2 is 1.71 bits per heavy atom. The maximum Gasteiger partial charge on any atom is 0.359 e. The molecule has 1 aromatic carbocycles. The highest BCUT2D eigenvalue weighted by Crippen LogP contribution is 2.34. The van der Waals surface area contributed by atoms with Gasteiger partial charge >= 0.3 is 5.97 Å². The van der Waals surface area contributed by atoms with E-state index in [0.29, 0.717) is 10.7 Å². The topological polar surface area (TPSA) is 94.3 Å². The molecule has 3 N–H and O–H groups in total. The molecule has 6 nitrogen and oxygen atoms in total. The van der Waals surface area contributed by atoms with Gasteiger partial charge in [0.25, 0.3) is 5.91 Å². The number of benzene rings is 1. The van der Waals surface area contributed by atoms with Gasteiger partial charge in [-0.3, -0.25) is 4.79 Å². The van der Waals surface area contributed by atoms with Gasteiger partial charge in [-0.1, -0.05) is 46.4 Å². The first-order valence-electron chi connectivity index (χ1n) is 6.32. The second-order valence-electron chi connectivity index (χ2n) is 4.42. The molecule has 24 heavy (non-hydrogen) atoms. The summed E-state index contributed by atoms with van der Waals surface area (Å²) in [5.74, 6) is -1.52. The van der Waals surface area contributed by atoms with Crippen LogP contribution in [0.2, 0.25) is 20.2 Å². The van der Waals surface area contributed by atoms with Crippen molar-refractivity contribution in [3.63, 3.8) is 0 Å². The predicted molar refractivity (Wildman–Crippen MR) is 94.0 cm³/mol. The number of nitrogen functional groups attached to an aromatic ring is 1. The molecule has 1 aromatic heterocycles. The minimum Gasteiger partial charge on any atom is -0.451 e. The van der Waals surface area contributed by atoms with Crippen molar-refractivity contribution in [2.75, 3.05) is 17.7 Å². The van der Waals surface area contributed by atoms with E-state index >= 15 is 0 Å². The van der Waals surface area contributed by atoms with Crippen LogP contribution in [-0.4, -0.2) is 23.5 Å². The molecular formula is C14H9Cl4N3O3. The minimum absolute atomic E-state index is 0.0706. The first-order valence-corrected chi connectivity index (χ1v) is 7.83. The molecule has 0 saturated heterocycles. The van der Waals surface area contributed by atoms with Crippen LogP contribution < -0.4 is 11.1 Å². The monoisotopic (exact) mass is 407 g/mol. The van der Waals surface area contributed by atoms with E-state index in [4.69, 9.17) is 56.9 Å². The number of ether oxygens (including phenoxy) is 1. The molecule has 0 fully saturated rings. The minimum atomic E-state index is -0.962. The summed E-state index contributed by atoms with van der Waals surface area (Å²) in [5.41, 5.74) is 5.67. The average molecular weight is 409 g/mol. The van der Waals surface area contributed by atoms with E-state index in [1.54, 1.807) is 24.3 Å². The van der Waals surface area contributed by atoms with Crippen LogP contribution in [0.5, 0.6) is 0 Å². The van der Waals surface area contributed by atoms with Crippen molar-refractivity contribution in [3.05, 3.63) is 50.2 Å². The summed E-state index contributed by atoms with van der Waals surface area (Å²) in [5, 5.41) is 2.58. The Hall–Kier alpha value is -1.73. The van der Waals surface area contributed by atoms with Gasteiger partial charge in [0.05, 0.1) is 10.7 Å². The lowest BCUT2D eigenvalue weighted by atomic mass is 10.3. The van der Waals surface area contributed by atoms with Crippen molar-refractivity contribution in [3.8, 4) is 0 Å². The number of pyridine rings is 1. The normalized spacial score (nSPS) is 10.3. The molecule has 1 amide bonds. The van der Waals surface area contributed by atoms with Gasteiger partial charge < -0.3 is 15.8 Å². The summed E-state index contributed by atoms with van der Waals surface area (Å²) in [4.78, 5) is 27.4. The zero-order valence-electron chi connectivity index (χ0n) is 11.8. The van der Waals surface area contributed by atoms with Gasteiger partial charge in [-0.15, -0.1) is 0 Å². The zero-order valence-corrected chi connectivity index (χ0v) is 14.8. The van der Waals surface area contributed by atoms with Crippen LogP contribution in [0.3, 0.4) is 0 Å². The molecule has 126 valence electrons. The fourth-order valence-corrected chi connectivity index (χ4v) is 2.31. The largest absolute Gasteiger partial charge is 0.451 e. The van der Waals surface area contributed by atoms with Gasteiger partial charge in [-0.05, 0) is 24.3 Å². The van der Waals surface area contributed by atoms with Gasteiger partial charge in [0, 0.05) is 10.7 Å². The molecule has 0 atom stereocenters. The second kappa shape index (κ2) is 7.90. The molecule has 0 aliphatic carbocycles. The summed E-state index contributed by atoms with van der Waals surface area (Å²) >= 11 is 23.1. The van der Waals surface area contributed by atoms with E-state index in [1.165, 1.54) is 0 Å². The van der Waals surface area contributed by atoms with E-state index < -0.39 is 18.5 Å². The molecule has 1 heterocycles. The molecule has 2 aromatic rings. The van der Waals surface area contributed by atoms with E-state index in [2.05, 4.69) is 10.3 Å². The van der Waals surface area contributed by atoms with Crippen molar-refractivity contribution < 1.29 is 14.3 Å². The number of rotatable bonds is 4. The van der Waals surface area contributed by atoms with Crippen molar-refractivity contribution >= 4 is 69.7 Å². The summed E-state index contributed by atoms with van der Waals surface area (Å²) in [6.07, 6.45) is 0. The third-order valence-corrected chi connectivity index (χ3v) is 4.12. The highest BCUT2D eigenvalue weighted by atomic mass is 35.5. The molecule has 0 spiro atoms. The summed E-state index contributed by atoms with van der Waals surface area (Å²) in [7, 11) is 0. The number of carbonyl (C=O) groups is 2. The van der Waals surface area contributed by atoms with Gasteiger partial charge in [-0.25, -0.2) is 9.78 Å². The third kappa shape index (κ3) is 4.42. The summed E-state index contributed by atoms with van der Waals surface area (Å²) in [6, 6.07) is 6.40. The molecular weight excluding hydrogens is 400 g/mol. The van der Waals surface area contributed by atoms with Gasteiger partial charge in [0.15, 0.2) is 17.5 Å². The molecule has 2 rings (SSSR count). The molecule has 0 aliphatic rings. The SMILES string of the molecule is Nc1c(Cl)c(Cl)nc(C(=O)OCC(=O)Nc2ccc(Cl)cc2)c1Cl. The highest BCUT2D eigenvalue weighted by molar-refractivity contribution is 6.46. The van der Waals surface area contributed by atoms with E-state index in [0.717, 1.165) is 0 Å². The van der Waals surface area contributed by atoms with E-state index in [-0.39, 0.29) is 26.6 Å². The Morgan fingerprint density at radius 1 is 1.08 bits per heavy atom. The Kier molecular flexibility index (Phi) is 6.12. The Morgan fingerprint density at radius 3 is 2.33 bits per heavy atom. The number of nitrogens with one attached hydrogen (secondary N) is 1. The maximum absolute atomic E-state index is 12.0. The molecule has 0 unspecified atom stereocenters. The number of hydrogen-bond acceptors (Lipinski definition) is 5. The fraction of sp³-hybridized carbons (Fsp3) is 0.0714. The lowest BCUT2D eigenvalue weighted by Crippen LogP contribution is -2.21. The van der Waals surface area contributed by atoms with Crippen molar-refractivity contribution in [2.24, 2.45) is 0 Å². The van der Waals surface area contributed by atoms with Crippen LogP contribution in [0.4, 0.5) is 11.4 Å². The zero-order chi connectivity index (χ0) is 17.9. The summed E-state index contributed by atoms with van der Waals surface area (Å²) < 4.78 is 4.84. The Bertz CT molecular complexity index is 797. The van der Waals surface area contributed by atoms with Crippen LogP contribution in [0, 0.1) is 0 Å². The first-order chi connectivity index (χ1) is 11.3. The van der Waals surface area contributed by atoms with E-state index in [9.17, 15) is 9.59 Å². The van der Waals surface area contributed by atoms with Crippen LogP contribution >= 0.6 is 46.4 Å². The highest BCUT2D eigenvalue weighted by Gasteiger charge is 2.21. The standard InChI is InChI=1S/C14H9Cl4N3O3/c15-6-1-3-7(4-2-6)20-8(22)5-24-14(23)12-9(16)11(19)10(17)13(18)21-12/h1-4H,5H2,(H2,19,21)(H,20,22). The average Bonchev–Trinajstić information content (AvgIpc) is 2.56. The molecule has 0 saturated carbocycles. The van der Waals surface area contributed by atoms with Gasteiger partial charge in [0.1, 0.15) is 5.02 Å². The number of carbonyl (C=O) groups excluding carboxylic acids is 2. The molecule has 0 radical (unpaired) electrons. The number of anilines is 2. The predicted octanol–water partition coefficient (Wildman–Crippen LogP) is 4.07. The number of aromatic nitrogens is 1. The van der Waals surface area contributed by atoms with Crippen LogP contribution in [0.1, 0.15) is 10.5 Å². The number of nitrogens with zero attached hydrogens (tertiary/aromatic N) is 1. The first kappa shape index (κ1) is 18.6. The quantitative estimate of drug-likeness (QED) is 0.587. The third-order valence-electron chi connectivity index (χ3n) is 2.73. The van der Waals surface area contributed by atoms with E-state index in [1.807, 2.05) is 0 Å². The van der Waals surface area contributed by atoms with Crippen molar-refractivity contribution in [1.82, 2.24) is 4.98 Å². The van der Waals surface area contributed by atoms with Crippen molar-refractivity contribution in [2.45, 2.75) is 0 Å². The lowest BCUT2D eigenvalue weighted by molar-refractivity contribution is -0.119. The Labute approximate surface area is 156 Å². The molecule has 10 heteroatoms. The number of amides is 1. The smallest absolute Gasteiger partial charge is 0.359 e. The molecule has 0 aliphatic heterocycles. The lowest BCUT2D eigenvalue weighted by Gasteiger charge is -2.09. The van der Waals surface area contributed by atoms with Gasteiger partial charge in [-0.2, -0.15) is 0 Å². The number of hydrogen-bond donors (Lipinski definition) is 2. The number of esters is 1. The second-order valence-corrected chi connectivity index (χ2v) is 5.97. The molecule has 0 bridgehead atoms. The maximum atomic E-state index is 12.0. The van der Waals surface area contributed by atoms with Gasteiger partial charge in [0.2, 0.25) is 0 Å². The number of halogens is 4. The summed E-state index contributed by atoms with van der Waals surface area (Å²) in [6.45, 7) is -0.556. The van der Waals surface area contributed by atoms with Crippen LogP contribution in [0.15, 0.2) is 24.3 Å². The number of nitrogens with two attached hydrogens (primary N) is 1.